The monoisotopic (exact) mass is 693 g/mol. The van der Waals surface area contributed by atoms with Crippen molar-refractivity contribution in [2.45, 2.75) is 122 Å². The lowest BCUT2D eigenvalue weighted by atomic mass is 9.70. The molecular formula is C40H59N3O7. The standard InChI is InChI=1S/C40H59N3O7/c1-8-10-20-31(45)49-26-29(28-18-14-13-15-19-28)41-35(46)32-30-21-22-40(50-30)33(32)36(47)42(24-16-11-12-17-25-44)34(40)37(48)43(23-9-2)39(6,7)27-38(3,4)5/h8-9,13-15,18-19,29-30,32-34,44H,1-2,10-12,16-17,20-27H2,3-7H3,(H,41,46)/t29-,30-,32+,33+,34-,40+/m0/s1. The van der Waals surface area contributed by atoms with E-state index in [1.54, 1.807) is 17.1 Å². The molecule has 276 valence electrons. The van der Waals surface area contributed by atoms with E-state index in [1.165, 1.54) is 0 Å². The number of nitrogens with one attached hydrogen (secondary N) is 1. The number of ether oxygens (including phenoxy) is 2. The maximum absolute atomic E-state index is 15.0. The van der Waals surface area contributed by atoms with Crippen molar-refractivity contribution in [2.75, 3.05) is 26.3 Å². The van der Waals surface area contributed by atoms with Crippen molar-refractivity contribution >= 4 is 23.7 Å². The van der Waals surface area contributed by atoms with E-state index in [0.29, 0.717) is 45.2 Å². The maximum Gasteiger partial charge on any atom is 0.306 e. The Morgan fingerprint density at radius 3 is 2.44 bits per heavy atom. The van der Waals surface area contributed by atoms with Gasteiger partial charge in [0.1, 0.15) is 18.2 Å². The fourth-order valence-corrected chi connectivity index (χ4v) is 8.67. The van der Waals surface area contributed by atoms with Crippen LogP contribution in [0.5, 0.6) is 0 Å². The van der Waals surface area contributed by atoms with Gasteiger partial charge in [0.25, 0.3) is 0 Å². The first-order valence-corrected chi connectivity index (χ1v) is 18.3. The number of carbonyl (C=O) groups is 4. The lowest BCUT2D eigenvalue weighted by Crippen LogP contribution is -2.61. The van der Waals surface area contributed by atoms with E-state index in [4.69, 9.17) is 9.47 Å². The molecule has 6 atom stereocenters. The molecule has 3 saturated heterocycles. The Labute approximate surface area is 298 Å². The summed E-state index contributed by atoms with van der Waals surface area (Å²) in [6, 6.07) is 7.80. The van der Waals surface area contributed by atoms with Crippen LogP contribution >= 0.6 is 0 Å². The van der Waals surface area contributed by atoms with Crippen LogP contribution in [-0.4, -0.2) is 88.2 Å². The summed E-state index contributed by atoms with van der Waals surface area (Å²) in [5, 5.41) is 12.4. The van der Waals surface area contributed by atoms with Crippen LogP contribution < -0.4 is 5.32 Å². The number of allylic oxidation sites excluding steroid dienone is 1. The summed E-state index contributed by atoms with van der Waals surface area (Å²) in [5.41, 5.74) is -0.980. The highest BCUT2D eigenvalue weighted by atomic mass is 16.5. The average molecular weight is 694 g/mol. The van der Waals surface area contributed by atoms with Crippen LogP contribution in [0.3, 0.4) is 0 Å². The highest BCUT2D eigenvalue weighted by Crippen LogP contribution is 2.59. The number of amides is 3. The van der Waals surface area contributed by atoms with Crippen molar-refractivity contribution in [1.29, 1.82) is 0 Å². The zero-order chi connectivity index (χ0) is 36.7. The molecule has 1 spiro atoms. The molecule has 3 aliphatic rings. The van der Waals surface area contributed by atoms with Gasteiger partial charge in [-0.15, -0.1) is 13.2 Å². The molecular weight excluding hydrogens is 634 g/mol. The third kappa shape index (κ3) is 8.68. The highest BCUT2D eigenvalue weighted by Gasteiger charge is 2.74. The van der Waals surface area contributed by atoms with Crippen LogP contribution in [0.2, 0.25) is 0 Å². The van der Waals surface area contributed by atoms with Crippen LogP contribution in [0.4, 0.5) is 0 Å². The fourth-order valence-electron chi connectivity index (χ4n) is 8.67. The van der Waals surface area contributed by atoms with Crippen molar-refractivity contribution in [3.63, 3.8) is 0 Å². The average Bonchev–Trinajstić information content (AvgIpc) is 3.70. The Morgan fingerprint density at radius 2 is 1.80 bits per heavy atom. The number of esters is 1. The third-order valence-electron chi connectivity index (χ3n) is 10.4. The lowest BCUT2D eigenvalue weighted by molar-refractivity contribution is -0.153. The number of aliphatic hydroxyl groups excluding tert-OH is 1. The van der Waals surface area contributed by atoms with E-state index in [0.717, 1.165) is 24.8 Å². The van der Waals surface area contributed by atoms with Gasteiger partial charge in [0, 0.05) is 31.7 Å². The number of fused-ring (bicyclic) bond motifs is 1. The second-order valence-electron chi connectivity index (χ2n) is 16.0. The van der Waals surface area contributed by atoms with E-state index >= 15 is 0 Å². The van der Waals surface area contributed by atoms with Crippen LogP contribution in [0.15, 0.2) is 55.6 Å². The minimum Gasteiger partial charge on any atom is -0.463 e. The van der Waals surface area contributed by atoms with Gasteiger partial charge in [-0.05, 0) is 63.4 Å². The van der Waals surface area contributed by atoms with Crippen LogP contribution in [-0.2, 0) is 28.7 Å². The molecule has 50 heavy (non-hydrogen) atoms. The first-order valence-electron chi connectivity index (χ1n) is 18.3. The van der Waals surface area contributed by atoms with E-state index in [2.05, 4.69) is 53.1 Å². The Morgan fingerprint density at radius 1 is 1.10 bits per heavy atom. The largest absolute Gasteiger partial charge is 0.463 e. The highest BCUT2D eigenvalue weighted by molar-refractivity contribution is 5.99. The zero-order valence-electron chi connectivity index (χ0n) is 30.8. The minimum absolute atomic E-state index is 0.0613. The molecule has 2 bridgehead atoms. The van der Waals surface area contributed by atoms with Gasteiger partial charge in [0.15, 0.2) is 0 Å². The van der Waals surface area contributed by atoms with Crippen LogP contribution in [0, 0.1) is 17.3 Å². The van der Waals surface area contributed by atoms with Gasteiger partial charge >= 0.3 is 5.97 Å². The quantitative estimate of drug-likeness (QED) is 0.111. The first-order chi connectivity index (χ1) is 23.7. The number of hydrogen-bond donors (Lipinski definition) is 2. The smallest absolute Gasteiger partial charge is 0.306 e. The number of aliphatic hydroxyl groups is 1. The van der Waals surface area contributed by atoms with Crippen molar-refractivity contribution < 1.29 is 33.8 Å². The SMILES string of the molecule is C=CCCC(=O)OC[C@H](NC(=O)[C@@H]1[C@@H]2CC[C@]3(O2)[C@H](C(=O)N(CC=C)C(C)(C)CC(C)(C)C)N(CCCCCCO)C(=O)[C@@H]13)c1ccccc1. The lowest BCUT2D eigenvalue weighted by Gasteiger charge is -2.45. The molecule has 0 aliphatic carbocycles. The summed E-state index contributed by atoms with van der Waals surface area (Å²) in [4.78, 5) is 59.8. The Kier molecular flexibility index (Phi) is 13.1. The van der Waals surface area contributed by atoms with Gasteiger partial charge in [-0.3, -0.25) is 19.2 Å². The Balaban J connectivity index is 1.66. The summed E-state index contributed by atoms with van der Waals surface area (Å²) < 4.78 is 12.3. The second kappa shape index (κ2) is 16.7. The number of unbranched alkanes of at least 4 members (excludes halogenated alkanes) is 3. The molecule has 4 rings (SSSR count). The molecule has 3 amide bonds. The van der Waals surface area contributed by atoms with E-state index in [-0.39, 0.29) is 48.7 Å². The van der Waals surface area contributed by atoms with Gasteiger partial charge in [0.05, 0.1) is 24.0 Å². The number of carbonyl (C=O) groups excluding carboxylic acids is 4. The summed E-state index contributed by atoms with van der Waals surface area (Å²) in [5.74, 6) is -2.77. The molecule has 1 aromatic rings. The van der Waals surface area contributed by atoms with E-state index in [9.17, 15) is 24.3 Å². The second-order valence-corrected chi connectivity index (χ2v) is 16.0. The van der Waals surface area contributed by atoms with Crippen molar-refractivity contribution in [3.8, 4) is 0 Å². The normalized spacial score (nSPS) is 24.8. The molecule has 0 radical (unpaired) electrons. The zero-order valence-corrected chi connectivity index (χ0v) is 30.8. The fraction of sp³-hybridized carbons (Fsp3) is 0.650. The Bertz CT molecular complexity index is 1370. The van der Waals surface area contributed by atoms with Gasteiger partial charge in [-0.25, -0.2) is 0 Å². The van der Waals surface area contributed by atoms with E-state index < -0.39 is 41.2 Å². The van der Waals surface area contributed by atoms with Crippen molar-refractivity contribution in [1.82, 2.24) is 15.1 Å². The number of benzene rings is 1. The van der Waals surface area contributed by atoms with Crippen molar-refractivity contribution in [2.24, 2.45) is 17.3 Å². The number of rotatable bonds is 19. The van der Waals surface area contributed by atoms with Gasteiger partial charge in [-0.1, -0.05) is 76.1 Å². The molecule has 0 unspecified atom stereocenters. The van der Waals surface area contributed by atoms with Crippen LogP contribution in [0.25, 0.3) is 0 Å². The molecule has 3 fully saturated rings. The molecule has 0 saturated carbocycles. The molecule has 3 aliphatic heterocycles. The van der Waals surface area contributed by atoms with Crippen LogP contribution in [0.1, 0.15) is 104 Å². The van der Waals surface area contributed by atoms with E-state index in [1.807, 2.05) is 35.2 Å². The topological polar surface area (TPSA) is 125 Å². The summed E-state index contributed by atoms with van der Waals surface area (Å²) in [7, 11) is 0. The van der Waals surface area contributed by atoms with Gasteiger partial charge in [0.2, 0.25) is 17.7 Å². The molecule has 0 aromatic heterocycles. The maximum atomic E-state index is 15.0. The summed E-state index contributed by atoms with van der Waals surface area (Å²) in [6.45, 7) is 18.9. The number of likely N-dealkylation sites (tertiary alicyclic amines) is 1. The molecule has 10 heteroatoms. The molecule has 1 aromatic carbocycles. The van der Waals surface area contributed by atoms with Crippen molar-refractivity contribution in [3.05, 3.63) is 61.2 Å². The molecule has 2 N–H and O–H groups in total. The number of hydrogen-bond acceptors (Lipinski definition) is 7. The summed E-state index contributed by atoms with van der Waals surface area (Å²) >= 11 is 0. The minimum atomic E-state index is -1.14. The van der Waals surface area contributed by atoms with Gasteiger partial charge in [-0.2, -0.15) is 0 Å². The summed E-state index contributed by atoms with van der Waals surface area (Å²) in [6.07, 6.45) is 8.27. The molecule has 10 nitrogen and oxygen atoms in total. The predicted molar refractivity (Wildman–Crippen MR) is 193 cm³/mol. The first kappa shape index (κ1) is 39.3. The Hall–Kier alpha value is -3.50. The molecule has 3 heterocycles. The van der Waals surface area contributed by atoms with Gasteiger partial charge < -0.3 is 29.7 Å². The number of nitrogens with zero attached hydrogens (tertiary/aromatic N) is 2. The third-order valence-corrected chi connectivity index (χ3v) is 10.4. The predicted octanol–water partition coefficient (Wildman–Crippen LogP) is 5.51.